The molecule has 0 aromatic heterocycles. The van der Waals surface area contributed by atoms with E-state index in [1.54, 1.807) is 30.3 Å². The summed E-state index contributed by atoms with van der Waals surface area (Å²) in [7, 11) is 0. The summed E-state index contributed by atoms with van der Waals surface area (Å²) < 4.78 is 4.95. The molecule has 0 atom stereocenters. The van der Waals surface area contributed by atoms with Crippen LogP contribution in [0.15, 0.2) is 53.4 Å². The molecule has 142 valence electrons. The number of hydrogen-bond acceptors (Lipinski definition) is 7. The Morgan fingerprint density at radius 3 is 2.36 bits per heavy atom. The van der Waals surface area contributed by atoms with E-state index in [0.29, 0.717) is 16.9 Å². The Morgan fingerprint density at radius 2 is 1.79 bits per heavy atom. The van der Waals surface area contributed by atoms with Crippen molar-refractivity contribution >= 4 is 40.6 Å². The summed E-state index contributed by atoms with van der Waals surface area (Å²) in [6.07, 6.45) is 1.58. The van der Waals surface area contributed by atoms with E-state index >= 15 is 0 Å². The summed E-state index contributed by atoms with van der Waals surface area (Å²) in [4.78, 5) is 47.2. The Balaban J connectivity index is 1.72. The third kappa shape index (κ3) is 4.44. The number of nitro benzene ring substituents is 1. The average molecular weight is 398 g/mol. The number of nitro groups is 1. The van der Waals surface area contributed by atoms with Crippen LogP contribution in [0.3, 0.4) is 0 Å². The number of carbonyl (C=O) groups excluding carboxylic acids is 3. The van der Waals surface area contributed by atoms with Gasteiger partial charge in [-0.2, -0.15) is 0 Å². The van der Waals surface area contributed by atoms with E-state index < -0.39 is 22.0 Å². The molecule has 28 heavy (non-hydrogen) atoms. The van der Waals surface area contributed by atoms with E-state index in [1.165, 1.54) is 31.2 Å². The van der Waals surface area contributed by atoms with Crippen LogP contribution in [0.4, 0.5) is 10.5 Å². The van der Waals surface area contributed by atoms with Gasteiger partial charge in [-0.15, -0.1) is 0 Å². The van der Waals surface area contributed by atoms with Gasteiger partial charge < -0.3 is 4.74 Å². The predicted molar refractivity (Wildman–Crippen MR) is 102 cm³/mol. The van der Waals surface area contributed by atoms with Gasteiger partial charge in [-0.25, -0.2) is 0 Å². The highest BCUT2D eigenvalue weighted by Gasteiger charge is 2.35. The zero-order valence-corrected chi connectivity index (χ0v) is 15.5. The molecule has 2 aromatic rings. The maximum Gasteiger partial charge on any atom is 0.308 e. The molecule has 0 saturated carbocycles. The second-order valence-corrected chi connectivity index (χ2v) is 6.85. The average Bonchev–Trinajstić information content (AvgIpc) is 2.91. The first-order valence-electron chi connectivity index (χ1n) is 8.10. The van der Waals surface area contributed by atoms with Gasteiger partial charge in [0.2, 0.25) is 0 Å². The van der Waals surface area contributed by atoms with Crippen molar-refractivity contribution in [2.24, 2.45) is 0 Å². The normalized spacial score (nSPS) is 15.2. The minimum Gasteiger partial charge on any atom is -0.427 e. The number of nitrogens with zero attached hydrogens (tertiary/aromatic N) is 2. The monoisotopic (exact) mass is 398 g/mol. The van der Waals surface area contributed by atoms with E-state index in [1.807, 2.05) is 0 Å². The minimum atomic E-state index is -0.515. The molecule has 0 aliphatic carbocycles. The molecule has 0 bridgehead atoms. The Morgan fingerprint density at radius 1 is 1.14 bits per heavy atom. The third-order valence-electron chi connectivity index (χ3n) is 3.80. The summed E-state index contributed by atoms with van der Waals surface area (Å²) in [5.74, 6) is -0.478. The van der Waals surface area contributed by atoms with Crippen LogP contribution in [0.2, 0.25) is 0 Å². The third-order valence-corrected chi connectivity index (χ3v) is 4.71. The Hall–Kier alpha value is -3.46. The zero-order valence-electron chi connectivity index (χ0n) is 14.7. The Kier molecular flexibility index (Phi) is 5.55. The van der Waals surface area contributed by atoms with E-state index in [9.17, 15) is 24.5 Å². The van der Waals surface area contributed by atoms with E-state index in [4.69, 9.17) is 4.74 Å². The van der Waals surface area contributed by atoms with Gasteiger partial charge in [0, 0.05) is 19.1 Å². The van der Waals surface area contributed by atoms with Crippen LogP contribution in [0.25, 0.3) is 6.08 Å². The number of esters is 1. The van der Waals surface area contributed by atoms with E-state index in [-0.39, 0.29) is 17.1 Å². The standard InChI is InChI=1S/C19H14N2O6S/c1-12(22)27-16-8-4-13(5-9-16)10-17-18(23)20(19(24)28-17)11-14-2-6-15(7-3-14)21(25)26/h2-10H,11H2,1H3/b17-10+. The molecule has 8 nitrogen and oxygen atoms in total. The molecule has 1 saturated heterocycles. The lowest BCUT2D eigenvalue weighted by molar-refractivity contribution is -0.384. The quantitative estimate of drug-likeness (QED) is 0.248. The molecule has 2 amide bonds. The van der Waals surface area contributed by atoms with Gasteiger partial charge in [0.25, 0.3) is 16.8 Å². The maximum absolute atomic E-state index is 12.6. The first-order valence-corrected chi connectivity index (χ1v) is 8.92. The number of imide groups is 1. The summed E-state index contributed by atoms with van der Waals surface area (Å²) in [5, 5.41) is 10.3. The van der Waals surface area contributed by atoms with Crippen LogP contribution in [-0.4, -0.2) is 26.9 Å². The summed E-state index contributed by atoms with van der Waals surface area (Å²) in [5.41, 5.74) is 1.23. The second-order valence-electron chi connectivity index (χ2n) is 5.85. The minimum absolute atomic E-state index is 0.0331. The van der Waals surface area contributed by atoms with Crippen molar-refractivity contribution in [3.63, 3.8) is 0 Å². The lowest BCUT2D eigenvalue weighted by atomic mass is 10.2. The first kappa shape index (κ1) is 19.3. The van der Waals surface area contributed by atoms with Crippen LogP contribution >= 0.6 is 11.8 Å². The molecule has 2 aromatic carbocycles. The van der Waals surface area contributed by atoms with Crippen molar-refractivity contribution < 1.29 is 24.0 Å². The van der Waals surface area contributed by atoms with Gasteiger partial charge in [0.05, 0.1) is 16.4 Å². The molecule has 1 heterocycles. The molecule has 0 N–H and O–H groups in total. The molecule has 9 heteroatoms. The number of non-ortho nitro benzene ring substituents is 1. The van der Waals surface area contributed by atoms with Crippen molar-refractivity contribution in [3.05, 3.63) is 74.7 Å². The lowest BCUT2D eigenvalue weighted by Crippen LogP contribution is -2.27. The Bertz CT molecular complexity index is 982. The molecule has 1 aliphatic rings. The first-order chi connectivity index (χ1) is 13.3. The lowest BCUT2D eigenvalue weighted by Gasteiger charge is -2.12. The highest BCUT2D eigenvalue weighted by Crippen LogP contribution is 2.33. The van der Waals surface area contributed by atoms with Crippen LogP contribution in [0.1, 0.15) is 18.1 Å². The number of carbonyl (C=O) groups is 3. The fourth-order valence-electron chi connectivity index (χ4n) is 2.49. The predicted octanol–water partition coefficient (Wildman–Crippen LogP) is 3.76. The molecular weight excluding hydrogens is 384 g/mol. The topological polar surface area (TPSA) is 107 Å². The number of ether oxygens (including phenoxy) is 1. The van der Waals surface area contributed by atoms with Crippen LogP contribution < -0.4 is 4.74 Å². The molecule has 3 rings (SSSR count). The molecule has 0 radical (unpaired) electrons. The number of hydrogen-bond donors (Lipinski definition) is 0. The van der Waals surface area contributed by atoms with Crippen molar-refractivity contribution in [1.29, 1.82) is 0 Å². The molecule has 0 unspecified atom stereocenters. The number of thioether (sulfide) groups is 1. The number of benzene rings is 2. The number of rotatable bonds is 5. The van der Waals surface area contributed by atoms with Crippen LogP contribution in [-0.2, 0) is 16.1 Å². The fourth-order valence-corrected chi connectivity index (χ4v) is 3.33. The van der Waals surface area contributed by atoms with Gasteiger partial charge in [0.1, 0.15) is 5.75 Å². The van der Waals surface area contributed by atoms with Crippen molar-refractivity contribution in [1.82, 2.24) is 4.90 Å². The van der Waals surface area contributed by atoms with Crippen molar-refractivity contribution in [2.75, 3.05) is 0 Å². The van der Waals surface area contributed by atoms with Crippen LogP contribution in [0.5, 0.6) is 5.75 Å². The van der Waals surface area contributed by atoms with E-state index in [0.717, 1.165) is 16.7 Å². The number of amides is 2. The SMILES string of the molecule is CC(=O)Oc1ccc(/C=C2/SC(=O)N(Cc3ccc([N+](=O)[O-])cc3)C2=O)cc1. The van der Waals surface area contributed by atoms with Crippen molar-refractivity contribution in [2.45, 2.75) is 13.5 Å². The molecule has 1 fully saturated rings. The summed E-state index contributed by atoms with van der Waals surface area (Å²) >= 11 is 0.824. The highest BCUT2D eigenvalue weighted by atomic mass is 32.2. The molecular formula is C19H14N2O6S. The van der Waals surface area contributed by atoms with Crippen molar-refractivity contribution in [3.8, 4) is 5.75 Å². The molecule has 0 spiro atoms. The smallest absolute Gasteiger partial charge is 0.308 e. The summed E-state index contributed by atoms with van der Waals surface area (Å²) in [6.45, 7) is 1.33. The van der Waals surface area contributed by atoms with Gasteiger partial charge >= 0.3 is 5.97 Å². The highest BCUT2D eigenvalue weighted by molar-refractivity contribution is 8.18. The Labute approximate surface area is 163 Å². The van der Waals surface area contributed by atoms with Gasteiger partial charge in [0.15, 0.2) is 0 Å². The van der Waals surface area contributed by atoms with Crippen LogP contribution in [0, 0.1) is 10.1 Å². The summed E-state index contributed by atoms with van der Waals surface area (Å²) in [6, 6.07) is 12.2. The van der Waals surface area contributed by atoms with Gasteiger partial charge in [-0.1, -0.05) is 24.3 Å². The van der Waals surface area contributed by atoms with Gasteiger partial charge in [-0.05, 0) is 41.1 Å². The second kappa shape index (κ2) is 8.05. The van der Waals surface area contributed by atoms with E-state index in [2.05, 4.69) is 0 Å². The largest absolute Gasteiger partial charge is 0.427 e. The van der Waals surface area contributed by atoms with Gasteiger partial charge in [-0.3, -0.25) is 29.4 Å². The maximum atomic E-state index is 12.6. The molecule has 1 aliphatic heterocycles. The fraction of sp³-hybridized carbons (Fsp3) is 0.105. The zero-order chi connectivity index (χ0) is 20.3.